The lowest BCUT2D eigenvalue weighted by Crippen LogP contribution is -2.38. The van der Waals surface area contributed by atoms with Crippen molar-refractivity contribution in [3.8, 4) is 0 Å². The molecule has 0 aliphatic heterocycles. The van der Waals surface area contributed by atoms with E-state index < -0.39 is 0 Å². The van der Waals surface area contributed by atoms with Gasteiger partial charge in [-0.1, -0.05) is 25.6 Å². The molecule has 0 atom stereocenters. The maximum Gasteiger partial charge on any atom is 0.191 e. The third-order valence-electron chi connectivity index (χ3n) is 4.28. The van der Waals surface area contributed by atoms with Crippen LogP contribution in [0.3, 0.4) is 0 Å². The van der Waals surface area contributed by atoms with Gasteiger partial charge < -0.3 is 24.4 Å². The van der Waals surface area contributed by atoms with Gasteiger partial charge in [0.1, 0.15) is 18.2 Å². The molecule has 0 aliphatic carbocycles. The van der Waals surface area contributed by atoms with E-state index in [0.29, 0.717) is 19.1 Å². The molecule has 2 rings (SSSR count). The number of aryl methyl sites for hydroxylation is 1. The quantitative estimate of drug-likeness (QED) is 0.203. The first-order chi connectivity index (χ1) is 14.6. The Labute approximate surface area is 184 Å². The zero-order chi connectivity index (χ0) is 21.6. The molecule has 0 amide bonds. The number of furan rings is 1. The number of nitrogens with zero attached hydrogens (tertiary/aromatic N) is 4. The van der Waals surface area contributed by atoms with Crippen LogP contribution in [0.25, 0.3) is 0 Å². The average Bonchev–Trinajstić information content (AvgIpc) is 3.37. The van der Waals surface area contributed by atoms with Crippen LogP contribution < -0.4 is 10.6 Å². The molecule has 0 spiro atoms. The minimum Gasteiger partial charge on any atom is -0.467 e. The number of hydrogen-bond acceptors (Lipinski definition) is 6. The first-order valence-corrected chi connectivity index (χ1v) is 11.9. The van der Waals surface area contributed by atoms with E-state index in [9.17, 15) is 0 Å². The fraction of sp³-hybridized carbons (Fsp3) is 0.667. The molecular weight excluding hydrogens is 400 g/mol. The van der Waals surface area contributed by atoms with Crippen LogP contribution in [0, 0.1) is 5.92 Å². The van der Waals surface area contributed by atoms with E-state index in [1.165, 1.54) is 0 Å². The van der Waals surface area contributed by atoms with E-state index in [1.54, 1.807) is 18.0 Å². The minimum atomic E-state index is 0.515. The fourth-order valence-corrected chi connectivity index (χ4v) is 3.44. The molecule has 30 heavy (non-hydrogen) atoms. The van der Waals surface area contributed by atoms with Crippen molar-refractivity contribution in [3.05, 3.63) is 30.0 Å². The summed E-state index contributed by atoms with van der Waals surface area (Å²) in [6.45, 7) is 11.0. The number of aliphatic imine (C=N–C) groups is 1. The van der Waals surface area contributed by atoms with Crippen LogP contribution >= 0.6 is 11.8 Å². The Morgan fingerprint density at radius 3 is 2.87 bits per heavy atom. The molecule has 2 aromatic heterocycles. The maximum atomic E-state index is 5.61. The highest BCUT2D eigenvalue weighted by molar-refractivity contribution is 7.98. The van der Waals surface area contributed by atoms with Crippen LogP contribution in [0.15, 0.2) is 33.0 Å². The van der Waals surface area contributed by atoms with Gasteiger partial charge in [0, 0.05) is 39.2 Å². The van der Waals surface area contributed by atoms with Crippen LogP contribution in [0.4, 0.5) is 0 Å². The van der Waals surface area contributed by atoms with E-state index in [4.69, 9.17) is 9.15 Å². The monoisotopic (exact) mass is 436 g/mol. The molecular formula is C21H36N6O2S. The number of aromatic nitrogens is 3. The number of guanidine groups is 1. The van der Waals surface area contributed by atoms with Gasteiger partial charge in [-0.15, -0.1) is 10.2 Å². The van der Waals surface area contributed by atoms with Crippen LogP contribution in [-0.4, -0.2) is 53.2 Å². The van der Waals surface area contributed by atoms with Gasteiger partial charge in [0.05, 0.1) is 6.26 Å². The molecule has 0 bridgehead atoms. The zero-order valence-electron chi connectivity index (χ0n) is 18.7. The normalized spacial score (nSPS) is 12.0. The third-order valence-corrected chi connectivity index (χ3v) is 4.95. The minimum absolute atomic E-state index is 0.515. The van der Waals surface area contributed by atoms with Crippen molar-refractivity contribution in [3.63, 3.8) is 0 Å². The average molecular weight is 437 g/mol. The van der Waals surface area contributed by atoms with E-state index >= 15 is 0 Å². The SMILES string of the molecule is CCNC(=NCCCc1nnc(SC)n1CC(C)C)NCCCOCc1ccco1. The Morgan fingerprint density at radius 2 is 2.17 bits per heavy atom. The van der Waals surface area contributed by atoms with Crippen LogP contribution in [0.5, 0.6) is 0 Å². The fourth-order valence-electron chi connectivity index (χ4n) is 2.92. The first-order valence-electron chi connectivity index (χ1n) is 10.7. The van der Waals surface area contributed by atoms with Gasteiger partial charge in [0.2, 0.25) is 0 Å². The lowest BCUT2D eigenvalue weighted by Gasteiger charge is -2.12. The van der Waals surface area contributed by atoms with Crippen LogP contribution in [0.1, 0.15) is 45.2 Å². The summed E-state index contributed by atoms with van der Waals surface area (Å²) in [5.74, 6) is 3.31. The van der Waals surface area contributed by atoms with Crippen molar-refractivity contribution >= 4 is 17.7 Å². The lowest BCUT2D eigenvalue weighted by atomic mass is 10.2. The van der Waals surface area contributed by atoms with Gasteiger partial charge in [-0.25, -0.2) is 0 Å². The summed E-state index contributed by atoms with van der Waals surface area (Å²) in [4.78, 5) is 4.68. The number of rotatable bonds is 14. The highest BCUT2D eigenvalue weighted by atomic mass is 32.2. The van der Waals surface area contributed by atoms with Crippen molar-refractivity contribution in [2.75, 3.05) is 32.5 Å². The number of nitrogens with one attached hydrogen (secondary N) is 2. The molecule has 2 N–H and O–H groups in total. The largest absolute Gasteiger partial charge is 0.467 e. The molecule has 0 aromatic carbocycles. The molecule has 0 fully saturated rings. The lowest BCUT2D eigenvalue weighted by molar-refractivity contribution is 0.105. The van der Waals surface area contributed by atoms with Crippen molar-refractivity contribution in [2.24, 2.45) is 10.9 Å². The van der Waals surface area contributed by atoms with E-state index in [2.05, 4.69) is 51.2 Å². The molecule has 0 saturated carbocycles. The second-order valence-electron chi connectivity index (χ2n) is 7.38. The van der Waals surface area contributed by atoms with Crippen molar-refractivity contribution in [2.45, 2.75) is 58.3 Å². The molecule has 9 heteroatoms. The van der Waals surface area contributed by atoms with Crippen LogP contribution in [0.2, 0.25) is 0 Å². The summed E-state index contributed by atoms with van der Waals surface area (Å²) in [7, 11) is 0. The highest BCUT2D eigenvalue weighted by Crippen LogP contribution is 2.16. The summed E-state index contributed by atoms with van der Waals surface area (Å²) < 4.78 is 13.1. The molecule has 0 unspecified atom stereocenters. The molecule has 0 radical (unpaired) electrons. The van der Waals surface area contributed by atoms with Crippen LogP contribution in [-0.2, 0) is 24.3 Å². The van der Waals surface area contributed by atoms with E-state index in [0.717, 1.165) is 68.1 Å². The predicted molar refractivity (Wildman–Crippen MR) is 122 cm³/mol. The summed E-state index contributed by atoms with van der Waals surface area (Å²) in [5.41, 5.74) is 0. The van der Waals surface area contributed by atoms with Crippen molar-refractivity contribution in [1.29, 1.82) is 0 Å². The summed E-state index contributed by atoms with van der Waals surface area (Å²) in [6.07, 6.45) is 6.43. The van der Waals surface area contributed by atoms with E-state index in [1.807, 2.05) is 18.4 Å². The Balaban J connectivity index is 1.69. The van der Waals surface area contributed by atoms with E-state index in [-0.39, 0.29) is 0 Å². The van der Waals surface area contributed by atoms with Gasteiger partial charge >= 0.3 is 0 Å². The topological polar surface area (TPSA) is 89.5 Å². The summed E-state index contributed by atoms with van der Waals surface area (Å²) in [6, 6.07) is 3.79. The molecule has 8 nitrogen and oxygen atoms in total. The molecule has 2 aromatic rings. The van der Waals surface area contributed by atoms with Crippen molar-refractivity contribution < 1.29 is 9.15 Å². The first kappa shape index (κ1) is 24.3. The van der Waals surface area contributed by atoms with Gasteiger partial charge in [0.15, 0.2) is 11.1 Å². The summed E-state index contributed by atoms with van der Waals surface area (Å²) in [5, 5.41) is 16.3. The van der Waals surface area contributed by atoms with Gasteiger partial charge in [-0.2, -0.15) is 0 Å². The molecule has 0 aliphatic rings. The Bertz CT molecular complexity index is 730. The Kier molecular flexibility index (Phi) is 11.4. The maximum absolute atomic E-state index is 5.61. The smallest absolute Gasteiger partial charge is 0.191 e. The number of ether oxygens (including phenoxy) is 1. The van der Waals surface area contributed by atoms with Crippen molar-refractivity contribution in [1.82, 2.24) is 25.4 Å². The molecule has 0 saturated heterocycles. The number of hydrogen-bond donors (Lipinski definition) is 2. The third kappa shape index (κ3) is 8.79. The Hall–Kier alpha value is -2.00. The molecule has 2 heterocycles. The van der Waals surface area contributed by atoms with Gasteiger partial charge in [-0.3, -0.25) is 4.99 Å². The second kappa shape index (κ2) is 14.1. The van der Waals surface area contributed by atoms with Gasteiger partial charge in [-0.05, 0) is 44.1 Å². The summed E-state index contributed by atoms with van der Waals surface area (Å²) >= 11 is 1.65. The number of thioether (sulfide) groups is 1. The second-order valence-corrected chi connectivity index (χ2v) is 8.16. The van der Waals surface area contributed by atoms with Gasteiger partial charge in [0.25, 0.3) is 0 Å². The standard InChI is InChI=1S/C21H36N6O2S/c1-5-22-20(24-12-8-13-28-16-18-9-7-14-29-18)23-11-6-10-19-25-26-21(30-4)27(19)15-17(2)3/h7,9,14,17H,5-6,8,10-13,15-16H2,1-4H3,(H2,22,23,24). The Morgan fingerprint density at radius 1 is 1.30 bits per heavy atom. The predicted octanol–water partition coefficient (Wildman–Crippen LogP) is 3.34. The molecule has 168 valence electrons. The zero-order valence-corrected chi connectivity index (χ0v) is 19.5. The highest BCUT2D eigenvalue weighted by Gasteiger charge is 2.12.